The molecule has 2 heterocycles. The third kappa shape index (κ3) is 3.99. The number of furan rings is 1. The Morgan fingerprint density at radius 1 is 1.33 bits per heavy atom. The van der Waals surface area contributed by atoms with Crippen LogP contribution in [-0.4, -0.2) is 48.7 Å². The molecule has 3 rings (SSSR count). The molecule has 130 valence electrons. The van der Waals surface area contributed by atoms with Gasteiger partial charge in [-0.3, -0.25) is 9.69 Å². The van der Waals surface area contributed by atoms with E-state index in [-0.39, 0.29) is 24.2 Å². The lowest BCUT2D eigenvalue weighted by molar-refractivity contribution is -0.0778. The molecule has 3 unspecified atom stereocenters. The van der Waals surface area contributed by atoms with E-state index in [1.54, 1.807) is 6.07 Å². The Labute approximate surface area is 150 Å². The van der Waals surface area contributed by atoms with Crippen LogP contribution in [0.3, 0.4) is 0 Å². The molecular formula is C18H23BrN2O3. The second kappa shape index (κ2) is 7.25. The monoisotopic (exact) mass is 394 g/mol. The van der Waals surface area contributed by atoms with Crippen molar-refractivity contribution in [3.05, 3.63) is 34.5 Å². The zero-order chi connectivity index (χ0) is 17.3. The predicted octanol–water partition coefficient (Wildman–Crippen LogP) is 3.42. The minimum Gasteiger partial charge on any atom is -0.451 e. The third-order valence-corrected chi connectivity index (χ3v) is 4.82. The van der Waals surface area contributed by atoms with Crippen molar-refractivity contribution in [3.8, 4) is 0 Å². The van der Waals surface area contributed by atoms with Gasteiger partial charge in [0.15, 0.2) is 5.76 Å². The molecule has 1 aromatic heterocycles. The summed E-state index contributed by atoms with van der Waals surface area (Å²) in [6, 6.07) is 7.72. The number of nitrogens with one attached hydrogen (secondary N) is 1. The highest BCUT2D eigenvalue weighted by Gasteiger charge is 2.26. The highest BCUT2D eigenvalue weighted by Crippen LogP contribution is 2.23. The van der Waals surface area contributed by atoms with Crippen LogP contribution in [0.25, 0.3) is 11.0 Å². The number of fused-ring (bicyclic) bond motifs is 1. The van der Waals surface area contributed by atoms with Crippen molar-refractivity contribution >= 4 is 32.8 Å². The van der Waals surface area contributed by atoms with Crippen molar-refractivity contribution < 1.29 is 13.9 Å². The van der Waals surface area contributed by atoms with Gasteiger partial charge in [-0.05, 0) is 45.0 Å². The average Bonchev–Trinajstić information content (AvgIpc) is 2.94. The molecule has 0 saturated carbocycles. The Hall–Kier alpha value is -1.37. The first-order valence-corrected chi connectivity index (χ1v) is 9.08. The Kier molecular flexibility index (Phi) is 5.27. The zero-order valence-corrected chi connectivity index (χ0v) is 15.8. The molecule has 1 aliphatic rings. The van der Waals surface area contributed by atoms with E-state index in [0.29, 0.717) is 17.9 Å². The van der Waals surface area contributed by atoms with E-state index >= 15 is 0 Å². The maximum absolute atomic E-state index is 12.4. The molecule has 1 aromatic carbocycles. The summed E-state index contributed by atoms with van der Waals surface area (Å²) in [5.41, 5.74) is 0.715. The minimum absolute atomic E-state index is 0.177. The van der Waals surface area contributed by atoms with Crippen molar-refractivity contribution in [1.29, 1.82) is 0 Å². The van der Waals surface area contributed by atoms with E-state index in [1.165, 1.54) is 0 Å². The van der Waals surface area contributed by atoms with Crippen LogP contribution in [0.4, 0.5) is 0 Å². The molecule has 0 spiro atoms. The molecule has 0 radical (unpaired) electrons. The molecular weight excluding hydrogens is 372 g/mol. The number of hydrogen-bond acceptors (Lipinski definition) is 4. The van der Waals surface area contributed by atoms with Crippen LogP contribution >= 0.6 is 15.9 Å². The number of nitrogens with zero attached hydrogens (tertiary/aromatic N) is 1. The largest absolute Gasteiger partial charge is 0.451 e. The van der Waals surface area contributed by atoms with Gasteiger partial charge in [0.05, 0.1) is 12.2 Å². The number of rotatable bonds is 4. The summed E-state index contributed by atoms with van der Waals surface area (Å²) in [5, 5.41) is 3.89. The number of carbonyl (C=O) groups excluding carboxylic acids is 1. The van der Waals surface area contributed by atoms with Gasteiger partial charge >= 0.3 is 0 Å². The van der Waals surface area contributed by atoms with Crippen molar-refractivity contribution in [2.24, 2.45) is 0 Å². The first kappa shape index (κ1) is 17.5. The molecule has 2 aromatic rings. The van der Waals surface area contributed by atoms with E-state index < -0.39 is 0 Å². The summed E-state index contributed by atoms with van der Waals surface area (Å²) < 4.78 is 12.4. The fourth-order valence-corrected chi connectivity index (χ4v) is 3.54. The molecule has 5 nitrogen and oxygen atoms in total. The smallest absolute Gasteiger partial charge is 0.287 e. The van der Waals surface area contributed by atoms with Crippen LogP contribution < -0.4 is 5.32 Å². The Balaban J connectivity index is 1.59. The van der Waals surface area contributed by atoms with Crippen LogP contribution in [0.2, 0.25) is 0 Å². The quantitative estimate of drug-likeness (QED) is 0.862. The highest BCUT2D eigenvalue weighted by molar-refractivity contribution is 9.10. The van der Waals surface area contributed by atoms with Crippen LogP contribution in [0.1, 0.15) is 31.3 Å². The molecule has 1 saturated heterocycles. The lowest BCUT2D eigenvalue weighted by atomic mass is 10.1. The summed E-state index contributed by atoms with van der Waals surface area (Å²) in [6.07, 6.45) is 0.446. The van der Waals surface area contributed by atoms with Gasteiger partial charge in [-0.15, -0.1) is 0 Å². The molecule has 6 heteroatoms. The normalized spacial score (nSPS) is 23.3. The number of ether oxygens (including phenoxy) is 1. The summed E-state index contributed by atoms with van der Waals surface area (Å²) >= 11 is 3.42. The second-order valence-electron chi connectivity index (χ2n) is 6.56. The fraction of sp³-hybridized carbons (Fsp3) is 0.500. The van der Waals surface area contributed by atoms with Crippen molar-refractivity contribution in [2.45, 2.75) is 39.0 Å². The molecule has 1 fully saturated rings. The van der Waals surface area contributed by atoms with Crippen molar-refractivity contribution in [2.75, 3.05) is 19.6 Å². The van der Waals surface area contributed by atoms with Gasteiger partial charge in [0.25, 0.3) is 5.91 Å². The number of hydrogen-bond donors (Lipinski definition) is 1. The maximum Gasteiger partial charge on any atom is 0.287 e. The van der Waals surface area contributed by atoms with Gasteiger partial charge in [-0.1, -0.05) is 15.9 Å². The molecule has 1 N–H and O–H groups in total. The Bertz CT molecular complexity index is 720. The van der Waals surface area contributed by atoms with Crippen LogP contribution in [0.5, 0.6) is 0 Å². The topological polar surface area (TPSA) is 54.7 Å². The van der Waals surface area contributed by atoms with E-state index in [2.05, 4.69) is 46.9 Å². The average molecular weight is 395 g/mol. The minimum atomic E-state index is -0.177. The van der Waals surface area contributed by atoms with Crippen LogP contribution in [-0.2, 0) is 4.74 Å². The van der Waals surface area contributed by atoms with Crippen LogP contribution in [0.15, 0.2) is 33.2 Å². The van der Waals surface area contributed by atoms with Crippen LogP contribution in [0, 0.1) is 0 Å². The molecule has 24 heavy (non-hydrogen) atoms. The van der Waals surface area contributed by atoms with Gasteiger partial charge in [0.2, 0.25) is 0 Å². The van der Waals surface area contributed by atoms with Gasteiger partial charge in [0.1, 0.15) is 5.58 Å². The first-order chi connectivity index (χ1) is 11.4. The van der Waals surface area contributed by atoms with E-state index in [1.807, 2.05) is 18.2 Å². The van der Waals surface area contributed by atoms with Crippen molar-refractivity contribution in [1.82, 2.24) is 10.2 Å². The zero-order valence-electron chi connectivity index (χ0n) is 14.2. The molecule has 3 atom stereocenters. The molecule has 0 bridgehead atoms. The van der Waals surface area contributed by atoms with Gasteiger partial charge < -0.3 is 14.5 Å². The third-order valence-electron chi connectivity index (χ3n) is 4.33. The number of amides is 1. The predicted molar refractivity (Wildman–Crippen MR) is 97.3 cm³/mol. The maximum atomic E-state index is 12.4. The van der Waals surface area contributed by atoms with Gasteiger partial charge in [0, 0.05) is 35.5 Å². The molecule has 0 aliphatic carbocycles. The summed E-state index contributed by atoms with van der Waals surface area (Å²) in [5.74, 6) is 0.169. The fourth-order valence-electron chi connectivity index (χ4n) is 3.16. The van der Waals surface area contributed by atoms with E-state index in [4.69, 9.17) is 9.15 Å². The Morgan fingerprint density at radius 2 is 2.04 bits per heavy atom. The molecule has 1 amide bonds. The number of benzene rings is 1. The second-order valence-corrected chi connectivity index (χ2v) is 7.48. The summed E-state index contributed by atoms with van der Waals surface area (Å²) in [7, 11) is 0. The van der Waals surface area contributed by atoms with E-state index in [0.717, 1.165) is 22.9 Å². The van der Waals surface area contributed by atoms with Crippen molar-refractivity contribution in [3.63, 3.8) is 0 Å². The molecule has 1 aliphatic heterocycles. The lowest BCUT2D eigenvalue weighted by Gasteiger charge is -2.38. The Morgan fingerprint density at radius 3 is 2.75 bits per heavy atom. The first-order valence-electron chi connectivity index (χ1n) is 8.29. The highest BCUT2D eigenvalue weighted by atomic mass is 79.9. The number of halogens is 1. The van der Waals surface area contributed by atoms with Gasteiger partial charge in [-0.2, -0.15) is 0 Å². The summed E-state index contributed by atoms with van der Waals surface area (Å²) in [4.78, 5) is 14.7. The number of morpholine rings is 1. The lowest BCUT2D eigenvalue weighted by Crippen LogP contribution is -2.52. The standard InChI is InChI=1S/C18H23BrN2O3/c1-11(21-9-12(2)23-13(3)10-21)8-20-18(22)17-7-14-6-15(19)4-5-16(14)24-17/h4-7,11-13H,8-10H2,1-3H3,(H,20,22). The van der Waals surface area contributed by atoms with E-state index in [9.17, 15) is 4.79 Å². The summed E-state index contributed by atoms with van der Waals surface area (Å²) in [6.45, 7) is 8.65. The number of carbonyl (C=O) groups is 1. The SMILES string of the molecule is CC1CN(C(C)CNC(=O)c2cc3cc(Br)ccc3o2)CC(C)O1. The van der Waals surface area contributed by atoms with Gasteiger partial charge in [-0.25, -0.2) is 0 Å².